The van der Waals surface area contributed by atoms with Crippen LogP contribution in [-0.4, -0.2) is 36.1 Å². The molecule has 0 aliphatic carbocycles. The second kappa shape index (κ2) is 7.13. The molecule has 0 saturated heterocycles. The molecule has 24 heavy (non-hydrogen) atoms. The number of nitrogens with one attached hydrogen (secondary N) is 1. The number of aromatic nitrogens is 2. The van der Waals surface area contributed by atoms with Gasteiger partial charge in [0, 0.05) is 18.3 Å². The SMILES string of the molecule is COc1cc(CNC(C)Cn2nc(C)cc2C)cc2c1OCCO2. The van der Waals surface area contributed by atoms with Crippen LogP contribution in [0.5, 0.6) is 17.2 Å². The predicted octanol–water partition coefficient (Wildman–Crippen LogP) is 2.46. The second-order valence-electron chi connectivity index (χ2n) is 6.21. The Morgan fingerprint density at radius 3 is 2.75 bits per heavy atom. The van der Waals surface area contributed by atoms with E-state index in [2.05, 4.69) is 30.3 Å². The van der Waals surface area contributed by atoms with Crippen LogP contribution in [0.15, 0.2) is 18.2 Å². The Balaban J connectivity index is 1.64. The van der Waals surface area contributed by atoms with Crippen LogP contribution in [0.1, 0.15) is 23.9 Å². The summed E-state index contributed by atoms with van der Waals surface area (Å²) >= 11 is 0. The van der Waals surface area contributed by atoms with Crippen LogP contribution in [0.3, 0.4) is 0 Å². The lowest BCUT2D eigenvalue weighted by Gasteiger charge is -2.22. The Bertz CT molecular complexity index is 695. The molecule has 1 aliphatic heterocycles. The van der Waals surface area contributed by atoms with E-state index in [-0.39, 0.29) is 0 Å². The van der Waals surface area contributed by atoms with Gasteiger partial charge in [-0.2, -0.15) is 5.10 Å². The van der Waals surface area contributed by atoms with E-state index in [4.69, 9.17) is 14.2 Å². The molecule has 3 rings (SSSR count). The zero-order valence-corrected chi connectivity index (χ0v) is 14.8. The molecule has 6 heteroatoms. The summed E-state index contributed by atoms with van der Waals surface area (Å²) in [6.45, 7) is 8.95. The van der Waals surface area contributed by atoms with Gasteiger partial charge in [0.2, 0.25) is 5.75 Å². The summed E-state index contributed by atoms with van der Waals surface area (Å²) in [6.07, 6.45) is 0. The first-order valence-electron chi connectivity index (χ1n) is 8.27. The van der Waals surface area contributed by atoms with E-state index >= 15 is 0 Å². The standard InChI is InChI=1S/C18H25N3O3/c1-12-7-14(3)21(20-12)11-13(2)19-10-15-8-16(22-4)18-17(9-15)23-5-6-24-18/h7-9,13,19H,5-6,10-11H2,1-4H3. The molecule has 0 amide bonds. The second-order valence-corrected chi connectivity index (χ2v) is 6.21. The molecule has 1 atom stereocenters. The topological polar surface area (TPSA) is 57.5 Å². The Labute approximate surface area is 142 Å². The lowest BCUT2D eigenvalue weighted by Crippen LogP contribution is -2.30. The number of hydrogen-bond acceptors (Lipinski definition) is 5. The Morgan fingerprint density at radius 1 is 1.25 bits per heavy atom. The summed E-state index contributed by atoms with van der Waals surface area (Å²) in [4.78, 5) is 0. The van der Waals surface area contributed by atoms with Crippen LogP contribution in [0.2, 0.25) is 0 Å². The monoisotopic (exact) mass is 331 g/mol. The number of nitrogens with zero attached hydrogens (tertiary/aromatic N) is 2. The molecule has 2 heterocycles. The smallest absolute Gasteiger partial charge is 0.203 e. The molecule has 2 aromatic rings. The lowest BCUT2D eigenvalue weighted by molar-refractivity contribution is 0.165. The van der Waals surface area contributed by atoms with Crippen molar-refractivity contribution in [2.45, 2.75) is 39.9 Å². The van der Waals surface area contributed by atoms with E-state index in [0.29, 0.717) is 25.0 Å². The van der Waals surface area contributed by atoms with Gasteiger partial charge in [-0.15, -0.1) is 0 Å². The number of hydrogen-bond donors (Lipinski definition) is 1. The van der Waals surface area contributed by atoms with Crippen molar-refractivity contribution < 1.29 is 14.2 Å². The first kappa shape index (κ1) is 16.6. The van der Waals surface area contributed by atoms with Gasteiger partial charge in [0.15, 0.2) is 11.5 Å². The minimum absolute atomic E-state index is 0.294. The third-order valence-corrected chi connectivity index (χ3v) is 4.09. The van der Waals surface area contributed by atoms with E-state index in [0.717, 1.165) is 35.8 Å². The molecule has 1 aromatic carbocycles. The van der Waals surface area contributed by atoms with Crippen molar-refractivity contribution >= 4 is 0 Å². The van der Waals surface area contributed by atoms with Crippen molar-refractivity contribution in [3.8, 4) is 17.2 Å². The quantitative estimate of drug-likeness (QED) is 0.881. The van der Waals surface area contributed by atoms with Gasteiger partial charge in [-0.25, -0.2) is 0 Å². The largest absolute Gasteiger partial charge is 0.493 e. The van der Waals surface area contributed by atoms with Gasteiger partial charge in [-0.05, 0) is 44.5 Å². The van der Waals surface area contributed by atoms with Crippen molar-refractivity contribution in [3.05, 3.63) is 35.2 Å². The van der Waals surface area contributed by atoms with Gasteiger partial charge in [-0.3, -0.25) is 4.68 Å². The molecule has 1 unspecified atom stereocenters. The first-order valence-corrected chi connectivity index (χ1v) is 8.27. The maximum absolute atomic E-state index is 5.68. The van der Waals surface area contributed by atoms with Crippen LogP contribution in [0, 0.1) is 13.8 Å². The highest BCUT2D eigenvalue weighted by Crippen LogP contribution is 2.40. The van der Waals surface area contributed by atoms with E-state index in [1.165, 1.54) is 5.69 Å². The molecule has 1 aromatic heterocycles. The molecule has 0 bridgehead atoms. The van der Waals surface area contributed by atoms with E-state index in [1.54, 1.807) is 7.11 Å². The number of methoxy groups -OCH3 is 1. The van der Waals surface area contributed by atoms with Crippen LogP contribution in [-0.2, 0) is 13.1 Å². The fraction of sp³-hybridized carbons (Fsp3) is 0.500. The fourth-order valence-corrected chi connectivity index (χ4v) is 2.91. The third-order valence-electron chi connectivity index (χ3n) is 4.09. The molecule has 1 aliphatic rings. The minimum atomic E-state index is 0.294. The molecule has 0 saturated carbocycles. The molecule has 6 nitrogen and oxygen atoms in total. The molecular weight excluding hydrogens is 306 g/mol. The van der Waals surface area contributed by atoms with Gasteiger partial charge < -0.3 is 19.5 Å². The highest BCUT2D eigenvalue weighted by Gasteiger charge is 2.18. The number of rotatable bonds is 6. The first-order chi connectivity index (χ1) is 11.6. The molecule has 130 valence electrons. The Morgan fingerprint density at radius 2 is 2.04 bits per heavy atom. The van der Waals surface area contributed by atoms with Gasteiger partial charge in [-0.1, -0.05) is 0 Å². The zero-order valence-electron chi connectivity index (χ0n) is 14.8. The molecular formula is C18H25N3O3. The predicted molar refractivity (Wildman–Crippen MR) is 92.0 cm³/mol. The molecule has 0 radical (unpaired) electrons. The Kier molecular flexibility index (Phi) is 4.94. The average molecular weight is 331 g/mol. The number of aryl methyl sites for hydroxylation is 2. The van der Waals surface area contributed by atoms with Crippen molar-refractivity contribution in [2.75, 3.05) is 20.3 Å². The van der Waals surface area contributed by atoms with E-state index < -0.39 is 0 Å². The normalized spacial score (nSPS) is 14.5. The van der Waals surface area contributed by atoms with Crippen molar-refractivity contribution in [1.82, 2.24) is 15.1 Å². The van der Waals surface area contributed by atoms with Gasteiger partial charge in [0.05, 0.1) is 19.3 Å². The van der Waals surface area contributed by atoms with Crippen molar-refractivity contribution in [2.24, 2.45) is 0 Å². The average Bonchev–Trinajstić information content (AvgIpc) is 2.89. The number of ether oxygens (including phenoxy) is 3. The summed E-state index contributed by atoms with van der Waals surface area (Å²) in [5.74, 6) is 2.17. The van der Waals surface area contributed by atoms with Gasteiger partial charge in [0.25, 0.3) is 0 Å². The minimum Gasteiger partial charge on any atom is -0.493 e. The Hall–Kier alpha value is -2.21. The molecule has 0 fully saturated rings. The summed E-state index contributed by atoms with van der Waals surface area (Å²) < 4.78 is 18.8. The third kappa shape index (κ3) is 3.64. The van der Waals surface area contributed by atoms with E-state index in [9.17, 15) is 0 Å². The van der Waals surface area contributed by atoms with Crippen molar-refractivity contribution in [3.63, 3.8) is 0 Å². The number of fused-ring (bicyclic) bond motifs is 1. The van der Waals surface area contributed by atoms with Crippen LogP contribution >= 0.6 is 0 Å². The highest BCUT2D eigenvalue weighted by molar-refractivity contribution is 5.54. The molecule has 0 spiro atoms. The summed E-state index contributed by atoms with van der Waals surface area (Å²) in [5.41, 5.74) is 3.34. The van der Waals surface area contributed by atoms with Crippen LogP contribution in [0.4, 0.5) is 0 Å². The van der Waals surface area contributed by atoms with Crippen LogP contribution in [0.25, 0.3) is 0 Å². The zero-order chi connectivity index (χ0) is 17.1. The highest BCUT2D eigenvalue weighted by atomic mass is 16.6. The maximum Gasteiger partial charge on any atom is 0.203 e. The summed E-state index contributed by atoms with van der Waals surface area (Å²) in [5, 5.41) is 8.04. The maximum atomic E-state index is 5.68. The lowest BCUT2D eigenvalue weighted by atomic mass is 10.1. The summed E-state index contributed by atoms with van der Waals surface area (Å²) in [7, 11) is 1.65. The van der Waals surface area contributed by atoms with Gasteiger partial charge >= 0.3 is 0 Å². The van der Waals surface area contributed by atoms with E-state index in [1.807, 2.05) is 23.7 Å². The van der Waals surface area contributed by atoms with Crippen molar-refractivity contribution in [1.29, 1.82) is 0 Å². The van der Waals surface area contributed by atoms with Gasteiger partial charge in [0.1, 0.15) is 13.2 Å². The molecule has 1 N–H and O–H groups in total. The van der Waals surface area contributed by atoms with Crippen LogP contribution < -0.4 is 19.5 Å². The fourth-order valence-electron chi connectivity index (χ4n) is 2.91. The summed E-state index contributed by atoms with van der Waals surface area (Å²) in [6, 6.07) is 6.40. The number of benzene rings is 1.